The first-order valence-corrected chi connectivity index (χ1v) is 7.33. The van der Waals surface area contributed by atoms with Gasteiger partial charge in [-0.1, -0.05) is 29.8 Å². The number of amides is 1. The summed E-state index contributed by atoms with van der Waals surface area (Å²) < 4.78 is 0. The van der Waals surface area contributed by atoms with Crippen LogP contribution in [0.1, 0.15) is 30.7 Å². The third-order valence-corrected chi connectivity index (χ3v) is 5.05. The second kappa shape index (κ2) is 5.09. The third-order valence-electron chi connectivity index (χ3n) is 4.71. The van der Waals surface area contributed by atoms with E-state index in [4.69, 9.17) is 23.1 Å². The summed E-state index contributed by atoms with van der Waals surface area (Å²) in [4.78, 5) is 16.1. The maximum atomic E-state index is 12.4. The number of hydrogen-bond donors (Lipinski definition) is 2. The van der Waals surface area contributed by atoms with Crippen LogP contribution in [0.25, 0.3) is 0 Å². The van der Waals surface area contributed by atoms with Crippen LogP contribution in [0.2, 0.25) is 5.02 Å². The Kier molecular flexibility index (Phi) is 3.42. The highest BCUT2D eigenvalue weighted by atomic mass is 35.5. The molecular weight excluding hydrogens is 274 g/mol. The molecule has 4 N–H and O–H groups in total. The summed E-state index contributed by atoms with van der Waals surface area (Å²) in [7, 11) is 0. The fraction of sp³-hybridized carbons (Fsp3) is 0.467. The van der Waals surface area contributed by atoms with Crippen molar-refractivity contribution in [1.82, 2.24) is 0 Å². The molecule has 5 heteroatoms. The second-order valence-electron chi connectivity index (χ2n) is 5.78. The number of aliphatic imine (C=N–C) groups is 1. The highest BCUT2D eigenvalue weighted by molar-refractivity contribution is 6.31. The Morgan fingerprint density at radius 3 is 2.60 bits per heavy atom. The molecule has 2 bridgehead atoms. The zero-order valence-electron chi connectivity index (χ0n) is 11.1. The minimum absolute atomic E-state index is 0.129. The monoisotopic (exact) mass is 291 g/mol. The highest BCUT2D eigenvalue weighted by Crippen LogP contribution is 2.57. The van der Waals surface area contributed by atoms with Gasteiger partial charge in [-0.15, -0.1) is 0 Å². The van der Waals surface area contributed by atoms with E-state index in [0.29, 0.717) is 11.8 Å². The molecule has 0 saturated heterocycles. The molecule has 2 aliphatic carbocycles. The van der Waals surface area contributed by atoms with E-state index in [1.807, 2.05) is 24.3 Å². The Bertz CT molecular complexity index is 568. The van der Waals surface area contributed by atoms with Gasteiger partial charge in [0.2, 0.25) is 0 Å². The summed E-state index contributed by atoms with van der Waals surface area (Å²) in [5.41, 5.74) is 11.8. The fourth-order valence-electron chi connectivity index (χ4n) is 4.04. The lowest BCUT2D eigenvalue weighted by Crippen LogP contribution is -2.31. The average Bonchev–Trinajstić information content (AvgIpc) is 2.98. The van der Waals surface area contributed by atoms with Crippen molar-refractivity contribution in [2.24, 2.45) is 34.2 Å². The van der Waals surface area contributed by atoms with Crippen LogP contribution in [-0.4, -0.2) is 11.9 Å². The molecule has 2 aliphatic rings. The molecule has 2 fully saturated rings. The number of halogens is 1. The van der Waals surface area contributed by atoms with E-state index in [1.165, 1.54) is 0 Å². The van der Waals surface area contributed by atoms with Crippen LogP contribution in [0, 0.1) is 17.8 Å². The average molecular weight is 292 g/mol. The fourth-order valence-corrected chi connectivity index (χ4v) is 4.30. The zero-order chi connectivity index (χ0) is 14.3. The Hall–Kier alpha value is -1.55. The summed E-state index contributed by atoms with van der Waals surface area (Å²) in [6.07, 6.45) is 3.32. The number of rotatable bonds is 2. The van der Waals surface area contributed by atoms with Gasteiger partial charge in [0.15, 0.2) is 5.96 Å². The summed E-state index contributed by atoms with van der Waals surface area (Å²) in [6, 6.07) is 7.77. The van der Waals surface area contributed by atoms with Gasteiger partial charge >= 0.3 is 0 Å². The minimum Gasteiger partial charge on any atom is -0.370 e. The van der Waals surface area contributed by atoms with Crippen molar-refractivity contribution < 1.29 is 4.79 Å². The molecule has 3 rings (SSSR count). The Labute approximate surface area is 123 Å². The topological polar surface area (TPSA) is 81.5 Å². The van der Waals surface area contributed by atoms with Crippen LogP contribution >= 0.6 is 11.6 Å². The maximum Gasteiger partial charge on any atom is 0.252 e. The standard InChI is InChI=1S/C15H18ClN3O/c16-11-4-2-1-3-10(11)12-8-5-6-9(7-8)13(12)14(20)19-15(17)18/h1-4,8-9,12-13H,5-7H2,(H4,17,18,19,20)/t8?,9?,12-,13+/m0/s1. The molecule has 4 nitrogen and oxygen atoms in total. The number of guanidine groups is 1. The van der Waals surface area contributed by atoms with Gasteiger partial charge in [0.1, 0.15) is 0 Å². The first-order valence-electron chi connectivity index (χ1n) is 6.96. The van der Waals surface area contributed by atoms with Crippen molar-refractivity contribution in [3.63, 3.8) is 0 Å². The summed E-state index contributed by atoms with van der Waals surface area (Å²) >= 11 is 6.32. The van der Waals surface area contributed by atoms with Crippen LogP contribution < -0.4 is 11.5 Å². The lowest BCUT2D eigenvalue weighted by Gasteiger charge is -2.29. The van der Waals surface area contributed by atoms with Crippen molar-refractivity contribution in [3.8, 4) is 0 Å². The van der Waals surface area contributed by atoms with Crippen LogP contribution in [-0.2, 0) is 4.79 Å². The Morgan fingerprint density at radius 2 is 1.90 bits per heavy atom. The van der Waals surface area contributed by atoms with Crippen molar-refractivity contribution >= 4 is 23.5 Å². The van der Waals surface area contributed by atoms with Gasteiger partial charge in [-0.2, -0.15) is 4.99 Å². The molecule has 2 saturated carbocycles. The van der Waals surface area contributed by atoms with Gasteiger partial charge < -0.3 is 11.5 Å². The molecule has 20 heavy (non-hydrogen) atoms. The Morgan fingerprint density at radius 1 is 1.20 bits per heavy atom. The van der Waals surface area contributed by atoms with E-state index in [-0.39, 0.29) is 23.7 Å². The van der Waals surface area contributed by atoms with Crippen LogP contribution in [0.15, 0.2) is 29.3 Å². The van der Waals surface area contributed by atoms with Gasteiger partial charge in [0.25, 0.3) is 5.91 Å². The lowest BCUT2D eigenvalue weighted by molar-refractivity contribution is -0.123. The van der Waals surface area contributed by atoms with Crippen LogP contribution in [0.5, 0.6) is 0 Å². The van der Waals surface area contributed by atoms with Gasteiger partial charge in [0, 0.05) is 10.9 Å². The van der Waals surface area contributed by atoms with Gasteiger partial charge in [-0.05, 0) is 42.7 Å². The van der Waals surface area contributed by atoms with E-state index in [0.717, 1.165) is 29.8 Å². The number of fused-ring (bicyclic) bond motifs is 2. The summed E-state index contributed by atoms with van der Waals surface area (Å²) in [5, 5.41) is 0.729. The molecule has 4 atom stereocenters. The quantitative estimate of drug-likeness (QED) is 0.648. The van der Waals surface area contributed by atoms with E-state index >= 15 is 0 Å². The smallest absolute Gasteiger partial charge is 0.252 e. The highest BCUT2D eigenvalue weighted by Gasteiger charge is 2.51. The largest absolute Gasteiger partial charge is 0.370 e. The number of hydrogen-bond acceptors (Lipinski definition) is 1. The number of benzene rings is 1. The number of carbonyl (C=O) groups is 1. The number of nitrogens with zero attached hydrogens (tertiary/aromatic N) is 1. The predicted molar refractivity (Wildman–Crippen MR) is 79.3 cm³/mol. The normalized spacial score (nSPS) is 31.2. The third kappa shape index (κ3) is 2.18. The SMILES string of the molecule is NC(N)=NC(=O)[C@@H]1C2CCC(C2)[C@H]1c1ccccc1Cl. The van der Waals surface area contributed by atoms with Gasteiger partial charge in [0.05, 0.1) is 5.92 Å². The van der Waals surface area contributed by atoms with Gasteiger partial charge in [-0.25, -0.2) is 0 Å². The van der Waals surface area contributed by atoms with Crippen molar-refractivity contribution in [1.29, 1.82) is 0 Å². The van der Waals surface area contributed by atoms with E-state index < -0.39 is 0 Å². The molecule has 0 radical (unpaired) electrons. The molecule has 106 valence electrons. The van der Waals surface area contributed by atoms with Crippen molar-refractivity contribution in [2.75, 3.05) is 0 Å². The van der Waals surface area contributed by atoms with E-state index in [9.17, 15) is 4.79 Å². The first kappa shape index (κ1) is 13.4. The molecule has 0 aromatic heterocycles. The van der Waals surface area contributed by atoms with E-state index in [1.54, 1.807) is 0 Å². The predicted octanol–water partition coefficient (Wildman–Crippen LogP) is 2.27. The van der Waals surface area contributed by atoms with Crippen molar-refractivity contribution in [3.05, 3.63) is 34.9 Å². The first-order chi connectivity index (χ1) is 9.58. The summed E-state index contributed by atoms with van der Waals surface area (Å²) in [5.74, 6) is 0.575. The lowest BCUT2D eigenvalue weighted by atomic mass is 9.75. The molecule has 1 aromatic rings. The second-order valence-corrected chi connectivity index (χ2v) is 6.19. The zero-order valence-corrected chi connectivity index (χ0v) is 11.9. The molecule has 2 unspecified atom stereocenters. The van der Waals surface area contributed by atoms with Crippen molar-refractivity contribution in [2.45, 2.75) is 25.2 Å². The molecule has 1 amide bonds. The number of carbonyl (C=O) groups excluding carboxylic acids is 1. The molecular formula is C15H18ClN3O. The Balaban J connectivity index is 1.98. The minimum atomic E-state index is -0.192. The number of nitrogens with two attached hydrogens (primary N) is 2. The molecule has 1 aromatic carbocycles. The maximum absolute atomic E-state index is 12.4. The summed E-state index contributed by atoms with van der Waals surface area (Å²) in [6.45, 7) is 0. The van der Waals surface area contributed by atoms with Crippen LogP contribution in [0.3, 0.4) is 0 Å². The molecule has 0 spiro atoms. The molecule has 0 heterocycles. The van der Waals surface area contributed by atoms with Gasteiger partial charge in [-0.3, -0.25) is 4.79 Å². The van der Waals surface area contributed by atoms with E-state index in [2.05, 4.69) is 4.99 Å². The molecule has 0 aliphatic heterocycles. The van der Waals surface area contributed by atoms with Crippen LogP contribution in [0.4, 0.5) is 0 Å².